The molecule has 0 aliphatic heterocycles. The molecule has 0 radical (unpaired) electrons. The number of nitrogens with zero attached hydrogens (tertiary/aromatic N) is 1. The number of urea groups is 1. The summed E-state index contributed by atoms with van der Waals surface area (Å²) in [5.41, 5.74) is 8.79. The van der Waals surface area contributed by atoms with Gasteiger partial charge in [0, 0.05) is 25.7 Å². The van der Waals surface area contributed by atoms with Gasteiger partial charge in [0.25, 0.3) is 0 Å². The van der Waals surface area contributed by atoms with Crippen LogP contribution in [0.25, 0.3) is 0 Å². The van der Waals surface area contributed by atoms with E-state index in [0.717, 1.165) is 16.7 Å². The summed E-state index contributed by atoms with van der Waals surface area (Å²) in [5, 5.41) is 2.84. The fourth-order valence-corrected chi connectivity index (χ4v) is 2.26. The Morgan fingerprint density at radius 3 is 2.57 bits per heavy atom. The number of carbonyl (C=O) groups excluding carboxylic acids is 2. The van der Waals surface area contributed by atoms with Crippen molar-refractivity contribution in [1.29, 1.82) is 0 Å². The molecule has 2 aromatic rings. The first-order valence-electron chi connectivity index (χ1n) is 7.39. The van der Waals surface area contributed by atoms with Gasteiger partial charge in [-0.3, -0.25) is 4.79 Å². The predicted octanol–water partition coefficient (Wildman–Crippen LogP) is 2.44. The van der Waals surface area contributed by atoms with Gasteiger partial charge in [-0.15, -0.1) is 0 Å². The lowest BCUT2D eigenvalue weighted by Gasteiger charge is -2.19. The van der Waals surface area contributed by atoms with E-state index < -0.39 is 5.91 Å². The topological polar surface area (TPSA) is 75.4 Å². The fraction of sp³-hybridized carbons (Fsp3) is 0.222. The molecule has 0 fully saturated rings. The van der Waals surface area contributed by atoms with Gasteiger partial charge in [0.2, 0.25) is 5.91 Å². The molecule has 0 heterocycles. The predicted molar refractivity (Wildman–Crippen MR) is 89.8 cm³/mol. The van der Waals surface area contributed by atoms with Crippen LogP contribution in [0, 0.1) is 6.92 Å². The highest BCUT2D eigenvalue weighted by atomic mass is 16.2. The van der Waals surface area contributed by atoms with E-state index in [1.165, 1.54) is 0 Å². The normalized spacial score (nSPS) is 10.2. The number of aryl methyl sites for hydroxylation is 1. The molecule has 5 heteroatoms. The average Bonchev–Trinajstić information content (AvgIpc) is 2.55. The van der Waals surface area contributed by atoms with Crippen molar-refractivity contribution in [3.63, 3.8) is 0 Å². The van der Waals surface area contributed by atoms with Gasteiger partial charge in [0.1, 0.15) is 0 Å². The quantitative estimate of drug-likeness (QED) is 0.890. The standard InChI is InChI=1S/C18H21N3O2/c1-13-6-3-4-8-16(13)12-21(2)18(23)20-11-14-7-5-9-15(10-14)17(19)22/h3-10H,11-12H2,1-2H3,(H2,19,22)(H,20,23). The van der Waals surface area contributed by atoms with Crippen molar-refractivity contribution in [2.75, 3.05) is 7.05 Å². The molecule has 0 spiro atoms. The number of benzene rings is 2. The van der Waals surface area contributed by atoms with Gasteiger partial charge in [0.05, 0.1) is 0 Å². The largest absolute Gasteiger partial charge is 0.366 e. The zero-order valence-electron chi connectivity index (χ0n) is 13.4. The van der Waals surface area contributed by atoms with Gasteiger partial charge in [-0.1, -0.05) is 36.4 Å². The van der Waals surface area contributed by atoms with E-state index in [4.69, 9.17) is 5.73 Å². The first-order chi connectivity index (χ1) is 11.0. The molecule has 3 N–H and O–H groups in total. The van der Waals surface area contributed by atoms with Gasteiger partial charge < -0.3 is 16.0 Å². The lowest BCUT2D eigenvalue weighted by molar-refractivity contribution is 0.1000. The first-order valence-corrected chi connectivity index (χ1v) is 7.39. The van der Waals surface area contributed by atoms with Crippen LogP contribution < -0.4 is 11.1 Å². The summed E-state index contributed by atoms with van der Waals surface area (Å²) >= 11 is 0. The molecule has 120 valence electrons. The maximum absolute atomic E-state index is 12.2. The number of nitrogens with two attached hydrogens (primary N) is 1. The summed E-state index contributed by atoms with van der Waals surface area (Å²) < 4.78 is 0. The average molecular weight is 311 g/mol. The smallest absolute Gasteiger partial charge is 0.317 e. The van der Waals surface area contributed by atoms with Gasteiger partial charge in [-0.05, 0) is 35.7 Å². The van der Waals surface area contributed by atoms with E-state index in [1.54, 1.807) is 30.1 Å². The van der Waals surface area contributed by atoms with Crippen LogP contribution in [0.2, 0.25) is 0 Å². The zero-order valence-corrected chi connectivity index (χ0v) is 13.4. The molecule has 0 saturated carbocycles. The maximum Gasteiger partial charge on any atom is 0.317 e. The molecule has 0 unspecified atom stereocenters. The number of primary amides is 1. The highest BCUT2D eigenvalue weighted by Gasteiger charge is 2.10. The summed E-state index contributed by atoms with van der Waals surface area (Å²) in [5.74, 6) is -0.477. The number of amides is 3. The van der Waals surface area contributed by atoms with E-state index in [2.05, 4.69) is 5.32 Å². The molecule has 23 heavy (non-hydrogen) atoms. The summed E-state index contributed by atoms with van der Waals surface area (Å²) in [6.07, 6.45) is 0. The minimum absolute atomic E-state index is 0.169. The molecule has 3 amide bonds. The third kappa shape index (κ3) is 4.57. The van der Waals surface area contributed by atoms with E-state index in [-0.39, 0.29) is 6.03 Å². The van der Waals surface area contributed by atoms with Crippen molar-refractivity contribution in [1.82, 2.24) is 10.2 Å². The summed E-state index contributed by atoms with van der Waals surface area (Å²) in [6, 6.07) is 14.7. The summed E-state index contributed by atoms with van der Waals surface area (Å²) in [6.45, 7) is 2.91. The number of nitrogens with one attached hydrogen (secondary N) is 1. The molecule has 2 aromatic carbocycles. The Kier molecular flexibility index (Phi) is 5.36. The Bertz CT molecular complexity index is 713. The minimum atomic E-state index is -0.477. The highest BCUT2D eigenvalue weighted by Crippen LogP contribution is 2.10. The molecule has 2 rings (SSSR count). The third-order valence-electron chi connectivity index (χ3n) is 3.67. The molecule has 0 atom stereocenters. The van der Waals surface area contributed by atoms with Crippen LogP contribution in [0.3, 0.4) is 0 Å². The molecule has 0 aliphatic carbocycles. The maximum atomic E-state index is 12.2. The van der Waals surface area contributed by atoms with Crippen LogP contribution in [0.1, 0.15) is 27.0 Å². The Morgan fingerprint density at radius 1 is 1.13 bits per heavy atom. The Hall–Kier alpha value is -2.82. The zero-order chi connectivity index (χ0) is 16.8. The van der Waals surface area contributed by atoms with Crippen LogP contribution in [-0.2, 0) is 13.1 Å². The molecular formula is C18H21N3O2. The second kappa shape index (κ2) is 7.45. The first kappa shape index (κ1) is 16.5. The number of rotatable bonds is 5. The second-order valence-corrected chi connectivity index (χ2v) is 5.51. The number of hydrogen-bond donors (Lipinski definition) is 2. The Morgan fingerprint density at radius 2 is 1.87 bits per heavy atom. The number of hydrogen-bond acceptors (Lipinski definition) is 2. The van der Waals surface area contributed by atoms with Crippen molar-refractivity contribution in [2.45, 2.75) is 20.0 Å². The molecular weight excluding hydrogens is 290 g/mol. The Labute approximate surface area is 136 Å². The molecule has 0 bridgehead atoms. The van der Waals surface area contributed by atoms with Crippen LogP contribution in [-0.4, -0.2) is 23.9 Å². The van der Waals surface area contributed by atoms with Crippen LogP contribution in [0.15, 0.2) is 48.5 Å². The van der Waals surface area contributed by atoms with Crippen molar-refractivity contribution in [2.24, 2.45) is 5.73 Å². The van der Waals surface area contributed by atoms with Crippen molar-refractivity contribution >= 4 is 11.9 Å². The second-order valence-electron chi connectivity index (χ2n) is 5.51. The van der Waals surface area contributed by atoms with Crippen molar-refractivity contribution in [3.05, 3.63) is 70.8 Å². The summed E-state index contributed by atoms with van der Waals surface area (Å²) in [4.78, 5) is 25.0. The molecule has 0 saturated heterocycles. The van der Waals surface area contributed by atoms with E-state index in [9.17, 15) is 9.59 Å². The van der Waals surface area contributed by atoms with Gasteiger partial charge in [-0.2, -0.15) is 0 Å². The van der Waals surface area contributed by atoms with Crippen molar-refractivity contribution < 1.29 is 9.59 Å². The highest BCUT2D eigenvalue weighted by molar-refractivity contribution is 5.92. The molecule has 5 nitrogen and oxygen atoms in total. The molecule has 0 aliphatic rings. The minimum Gasteiger partial charge on any atom is -0.366 e. The fourth-order valence-electron chi connectivity index (χ4n) is 2.26. The van der Waals surface area contributed by atoms with Gasteiger partial charge >= 0.3 is 6.03 Å². The Balaban J connectivity index is 1.93. The lowest BCUT2D eigenvalue weighted by Crippen LogP contribution is -2.36. The van der Waals surface area contributed by atoms with E-state index in [0.29, 0.717) is 18.7 Å². The van der Waals surface area contributed by atoms with Crippen LogP contribution >= 0.6 is 0 Å². The van der Waals surface area contributed by atoms with Crippen molar-refractivity contribution in [3.8, 4) is 0 Å². The van der Waals surface area contributed by atoms with E-state index in [1.807, 2.05) is 37.3 Å². The van der Waals surface area contributed by atoms with Crippen LogP contribution in [0.4, 0.5) is 4.79 Å². The number of carbonyl (C=O) groups is 2. The summed E-state index contributed by atoms with van der Waals surface area (Å²) in [7, 11) is 1.75. The molecule has 0 aromatic heterocycles. The van der Waals surface area contributed by atoms with Gasteiger partial charge in [-0.25, -0.2) is 4.79 Å². The monoisotopic (exact) mass is 311 g/mol. The lowest BCUT2D eigenvalue weighted by atomic mass is 10.1. The third-order valence-corrected chi connectivity index (χ3v) is 3.67. The van der Waals surface area contributed by atoms with Gasteiger partial charge in [0.15, 0.2) is 0 Å². The SMILES string of the molecule is Cc1ccccc1CN(C)C(=O)NCc1cccc(C(N)=O)c1. The van der Waals surface area contributed by atoms with Crippen LogP contribution in [0.5, 0.6) is 0 Å². The van der Waals surface area contributed by atoms with E-state index >= 15 is 0 Å².